The molecule has 1 aliphatic heterocycles. The van der Waals surface area contributed by atoms with Gasteiger partial charge in [-0.15, -0.1) is 0 Å². The average Bonchev–Trinajstić information content (AvgIpc) is 3.33. The van der Waals surface area contributed by atoms with E-state index in [-0.39, 0.29) is 11.4 Å². The molecule has 6 nitrogen and oxygen atoms in total. The van der Waals surface area contributed by atoms with E-state index in [0.717, 1.165) is 66.5 Å². The summed E-state index contributed by atoms with van der Waals surface area (Å²) in [5.74, 6) is 1.54. The molecule has 0 spiro atoms. The van der Waals surface area contributed by atoms with Crippen LogP contribution in [0.25, 0.3) is 10.9 Å². The lowest BCUT2D eigenvalue weighted by atomic mass is 9.78. The second-order valence-corrected chi connectivity index (χ2v) is 12.4. The van der Waals surface area contributed by atoms with Crippen molar-refractivity contribution in [1.29, 1.82) is 0 Å². The molecule has 0 bridgehead atoms. The fourth-order valence-corrected chi connectivity index (χ4v) is 6.49. The van der Waals surface area contributed by atoms with Gasteiger partial charge < -0.3 is 9.47 Å². The minimum Gasteiger partial charge on any atom is -0.467 e. The molecule has 0 radical (unpaired) electrons. The highest BCUT2D eigenvalue weighted by atomic mass is 32.1. The number of fused-ring (bicyclic) bond motifs is 2. The number of ether oxygens (including phenoxy) is 2. The average molecular weight is 522 g/mol. The molecule has 37 heavy (non-hydrogen) atoms. The Labute approximate surface area is 224 Å². The SMILES string of the molecule is COC(C)(C)COc1nc2c(s1)CCN(CCC1CCC(CC(=O)c3cccc4ncccc34)CC1)C2. The number of pyridine rings is 1. The molecule has 5 rings (SSSR count). The fraction of sp³-hybridized carbons (Fsp3) is 0.567. The normalized spacial score (nSPS) is 20.6. The molecule has 0 atom stereocenters. The molecule has 0 N–H and O–H groups in total. The van der Waals surface area contributed by atoms with Crippen molar-refractivity contribution in [3.8, 4) is 5.19 Å². The van der Waals surface area contributed by atoms with Crippen molar-refractivity contribution in [3.63, 3.8) is 0 Å². The third-order valence-electron chi connectivity index (χ3n) is 8.12. The summed E-state index contributed by atoms with van der Waals surface area (Å²) in [6, 6.07) is 9.81. The number of carbonyl (C=O) groups excluding carboxylic acids is 1. The van der Waals surface area contributed by atoms with E-state index < -0.39 is 0 Å². The second kappa shape index (κ2) is 11.6. The Bertz CT molecular complexity index is 1210. The number of carbonyl (C=O) groups is 1. The van der Waals surface area contributed by atoms with Gasteiger partial charge in [0.1, 0.15) is 6.61 Å². The molecular formula is C30H39N3O3S. The standard InChI is InChI=1S/C30H39N3O3S/c1-30(2,35-3)20-36-29-32-26-19-33(17-14-28(26)37-29)16-13-21-9-11-22(12-10-21)18-27(34)24-6-4-8-25-23(24)7-5-15-31-25/h4-8,15,21-22H,9-14,16-20H2,1-3H3. The van der Waals surface area contributed by atoms with Crippen LogP contribution in [0, 0.1) is 11.8 Å². The van der Waals surface area contributed by atoms with Gasteiger partial charge in [0, 0.05) is 48.6 Å². The molecule has 0 unspecified atom stereocenters. The lowest BCUT2D eigenvalue weighted by Crippen LogP contribution is -2.32. The number of nitrogens with zero attached hydrogens (tertiary/aromatic N) is 3. The monoisotopic (exact) mass is 521 g/mol. The molecule has 1 saturated carbocycles. The van der Waals surface area contributed by atoms with Crippen molar-refractivity contribution in [2.75, 3.05) is 26.8 Å². The Kier molecular flexibility index (Phi) is 8.22. The van der Waals surface area contributed by atoms with Crippen LogP contribution in [-0.2, 0) is 17.7 Å². The maximum Gasteiger partial charge on any atom is 0.273 e. The molecule has 0 saturated heterocycles. The van der Waals surface area contributed by atoms with E-state index in [0.29, 0.717) is 18.9 Å². The summed E-state index contributed by atoms with van der Waals surface area (Å²) in [6.45, 7) is 7.70. The third-order valence-corrected chi connectivity index (χ3v) is 9.19. The number of ketones is 1. The van der Waals surface area contributed by atoms with Crippen molar-refractivity contribution in [1.82, 2.24) is 14.9 Å². The van der Waals surface area contributed by atoms with E-state index in [4.69, 9.17) is 14.5 Å². The van der Waals surface area contributed by atoms with Crippen LogP contribution in [0.1, 0.15) is 73.3 Å². The summed E-state index contributed by atoms with van der Waals surface area (Å²) in [7, 11) is 1.71. The molecule has 198 valence electrons. The van der Waals surface area contributed by atoms with Crippen LogP contribution in [0.5, 0.6) is 5.19 Å². The Hall–Kier alpha value is -2.35. The molecule has 7 heteroatoms. The molecule has 0 amide bonds. The molecule has 2 aliphatic rings. The smallest absolute Gasteiger partial charge is 0.273 e. The van der Waals surface area contributed by atoms with Crippen LogP contribution >= 0.6 is 11.3 Å². The number of hydrogen-bond donors (Lipinski definition) is 0. The number of methoxy groups -OCH3 is 1. The first-order valence-electron chi connectivity index (χ1n) is 13.7. The zero-order valence-corrected chi connectivity index (χ0v) is 23.2. The summed E-state index contributed by atoms with van der Waals surface area (Å²) in [5, 5.41) is 1.75. The van der Waals surface area contributed by atoms with Crippen molar-refractivity contribution in [2.45, 2.75) is 70.9 Å². The van der Waals surface area contributed by atoms with Crippen molar-refractivity contribution >= 4 is 28.0 Å². The third kappa shape index (κ3) is 6.57. The van der Waals surface area contributed by atoms with Crippen LogP contribution in [0.3, 0.4) is 0 Å². The van der Waals surface area contributed by atoms with Gasteiger partial charge in [-0.05, 0) is 70.0 Å². The summed E-state index contributed by atoms with van der Waals surface area (Å²) in [5.41, 5.74) is 2.61. The first-order valence-corrected chi connectivity index (χ1v) is 14.5. The lowest BCUT2D eigenvalue weighted by molar-refractivity contribution is -0.0147. The van der Waals surface area contributed by atoms with Gasteiger partial charge in [0.25, 0.3) is 5.19 Å². The zero-order chi connectivity index (χ0) is 25.8. The predicted molar refractivity (Wildman–Crippen MR) is 148 cm³/mol. The number of thiazole rings is 1. The molecule has 1 aromatic carbocycles. The molecule has 2 aromatic heterocycles. The highest BCUT2D eigenvalue weighted by molar-refractivity contribution is 7.13. The van der Waals surface area contributed by atoms with E-state index in [2.05, 4.69) is 9.88 Å². The van der Waals surface area contributed by atoms with Crippen LogP contribution in [0.15, 0.2) is 36.5 Å². The molecule has 3 aromatic rings. The summed E-state index contributed by atoms with van der Waals surface area (Å²) in [6.07, 6.45) is 9.53. The largest absolute Gasteiger partial charge is 0.467 e. The first-order chi connectivity index (χ1) is 17.9. The van der Waals surface area contributed by atoms with Crippen LogP contribution in [0.2, 0.25) is 0 Å². The van der Waals surface area contributed by atoms with Crippen molar-refractivity contribution in [2.24, 2.45) is 11.8 Å². The Morgan fingerprint density at radius 3 is 2.76 bits per heavy atom. The van der Waals surface area contributed by atoms with Crippen molar-refractivity contribution in [3.05, 3.63) is 52.7 Å². The summed E-state index contributed by atoms with van der Waals surface area (Å²) >= 11 is 1.69. The van der Waals surface area contributed by atoms with E-state index in [1.54, 1.807) is 24.6 Å². The highest BCUT2D eigenvalue weighted by Crippen LogP contribution is 2.35. The topological polar surface area (TPSA) is 64.6 Å². The van der Waals surface area contributed by atoms with Crippen molar-refractivity contribution < 1.29 is 14.3 Å². The number of Topliss-reactive ketones (excluding diaryl/α,β-unsaturated/α-hetero) is 1. The fourth-order valence-electron chi connectivity index (χ4n) is 5.58. The van der Waals surface area contributed by atoms with Gasteiger partial charge in [-0.1, -0.05) is 42.4 Å². The number of benzene rings is 1. The van der Waals surface area contributed by atoms with Gasteiger partial charge in [-0.3, -0.25) is 14.7 Å². The van der Waals surface area contributed by atoms with Crippen LogP contribution < -0.4 is 4.74 Å². The van der Waals surface area contributed by atoms with Gasteiger partial charge in [-0.25, -0.2) is 4.98 Å². The minimum absolute atomic E-state index is 0.267. The predicted octanol–water partition coefficient (Wildman–Crippen LogP) is 6.32. The van der Waals surface area contributed by atoms with E-state index in [1.165, 1.54) is 29.8 Å². The number of aromatic nitrogens is 2. The number of hydrogen-bond acceptors (Lipinski definition) is 7. The zero-order valence-electron chi connectivity index (χ0n) is 22.4. The second-order valence-electron chi connectivity index (χ2n) is 11.3. The van der Waals surface area contributed by atoms with Gasteiger partial charge >= 0.3 is 0 Å². The first kappa shape index (κ1) is 26.3. The minimum atomic E-state index is -0.308. The Balaban J connectivity index is 1.06. The van der Waals surface area contributed by atoms with Gasteiger partial charge in [0.05, 0.1) is 16.8 Å². The van der Waals surface area contributed by atoms with Gasteiger partial charge in [0.15, 0.2) is 5.78 Å². The molecular weight excluding hydrogens is 482 g/mol. The van der Waals surface area contributed by atoms with E-state index in [9.17, 15) is 4.79 Å². The number of rotatable bonds is 10. The molecule has 3 heterocycles. The summed E-state index contributed by atoms with van der Waals surface area (Å²) < 4.78 is 11.4. The summed E-state index contributed by atoms with van der Waals surface area (Å²) in [4.78, 5) is 26.2. The highest BCUT2D eigenvalue weighted by Gasteiger charge is 2.27. The van der Waals surface area contributed by atoms with Crippen LogP contribution in [0.4, 0.5) is 0 Å². The maximum absolute atomic E-state index is 13.1. The van der Waals surface area contributed by atoms with E-state index >= 15 is 0 Å². The molecule has 1 fully saturated rings. The maximum atomic E-state index is 13.1. The van der Waals surface area contributed by atoms with Crippen LogP contribution in [-0.4, -0.2) is 53.1 Å². The van der Waals surface area contributed by atoms with Gasteiger partial charge in [-0.2, -0.15) is 0 Å². The quantitative estimate of drug-likeness (QED) is 0.291. The lowest BCUT2D eigenvalue weighted by Gasteiger charge is -2.31. The van der Waals surface area contributed by atoms with Gasteiger partial charge in [0.2, 0.25) is 0 Å². The Morgan fingerprint density at radius 2 is 1.95 bits per heavy atom. The Morgan fingerprint density at radius 1 is 1.14 bits per heavy atom. The van der Waals surface area contributed by atoms with E-state index in [1.807, 2.05) is 44.2 Å². The molecule has 1 aliphatic carbocycles.